The quantitative estimate of drug-likeness (QED) is 0.544. The maximum absolute atomic E-state index is 12.6. The van der Waals surface area contributed by atoms with E-state index in [1.165, 1.54) is 0 Å². The molecule has 1 saturated heterocycles. The summed E-state index contributed by atoms with van der Waals surface area (Å²) in [6, 6.07) is 20.9. The Morgan fingerprint density at radius 1 is 0.893 bits per heavy atom. The van der Waals surface area contributed by atoms with Crippen molar-refractivity contribution in [3.05, 3.63) is 78.3 Å². The van der Waals surface area contributed by atoms with Crippen molar-refractivity contribution in [1.29, 1.82) is 0 Å². The minimum atomic E-state index is -0.162. The van der Waals surface area contributed by atoms with Gasteiger partial charge in [-0.25, -0.2) is 0 Å². The summed E-state index contributed by atoms with van der Waals surface area (Å²) in [6.07, 6.45) is 0. The zero-order chi connectivity index (χ0) is 18.9. The SMILES string of the molecule is O=C(c1cc(-c2ccccc2)on1)N1CC(c2nc(-c3ccccc3)no2)C1. The fourth-order valence-electron chi connectivity index (χ4n) is 3.18. The van der Waals surface area contributed by atoms with Gasteiger partial charge in [-0.3, -0.25) is 4.79 Å². The van der Waals surface area contributed by atoms with E-state index in [4.69, 9.17) is 9.05 Å². The van der Waals surface area contributed by atoms with Crippen LogP contribution in [-0.4, -0.2) is 39.2 Å². The van der Waals surface area contributed by atoms with E-state index < -0.39 is 0 Å². The maximum atomic E-state index is 12.6. The molecule has 0 N–H and O–H groups in total. The first-order valence-electron chi connectivity index (χ1n) is 8.98. The Kier molecular flexibility index (Phi) is 3.97. The highest BCUT2D eigenvalue weighted by Crippen LogP contribution is 2.29. The molecular formula is C21H16N4O3. The van der Waals surface area contributed by atoms with Crippen molar-refractivity contribution in [2.75, 3.05) is 13.1 Å². The van der Waals surface area contributed by atoms with Crippen molar-refractivity contribution in [2.45, 2.75) is 5.92 Å². The average molecular weight is 372 g/mol. The molecule has 0 aliphatic carbocycles. The van der Waals surface area contributed by atoms with Crippen LogP contribution in [0, 0.1) is 0 Å². The number of likely N-dealkylation sites (tertiary alicyclic amines) is 1. The van der Waals surface area contributed by atoms with Gasteiger partial charge < -0.3 is 13.9 Å². The first kappa shape index (κ1) is 16.4. The predicted octanol–water partition coefficient (Wildman–Crippen LogP) is 3.63. The molecule has 2 aromatic heterocycles. The van der Waals surface area contributed by atoms with Crippen molar-refractivity contribution in [1.82, 2.24) is 20.2 Å². The van der Waals surface area contributed by atoms with Crippen LogP contribution in [0.25, 0.3) is 22.7 Å². The van der Waals surface area contributed by atoms with Gasteiger partial charge in [0.05, 0.1) is 5.92 Å². The Bertz CT molecular complexity index is 1100. The minimum absolute atomic E-state index is 0.0365. The van der Waals surface area contributed by atoms with Crippen LogP contribution in [0.15, 0.2) is 75.8 Å². The molecule has 0 saturated carbocycles. The number of rotatable bonds is 4. The minimum Gasteiger partial charge on any atom is -0.355 e. The predicted molar refractivity (Wildman–Crippen MR) is 100 cm³/mol. The number of amides is 1. The van der Waals surface area contributed by atoms with Crippen molar-refractivity contribution in [3.63, 3.8) is 0 Å². The second-order valence-electron chi connectivity index (χ2n) is 6.67. The highest BCUT2D eigenvalue weighted by atomic mass is 16.5. The molecule has 7 heteroatoms. The molecule has 1 aliphatic rings. The van der Waals surface area contributed by atoms with E-state index in [0.29, 0.717) is 36.3 Å². The van der Waals surface area contributed by atoms with Gasteiger partial charge in [-0.1, -0.05) is 71.0 Å². The molecule has 1 amide bonds. The highest BCUT2D eigenvalue weighted by molar-refractivity contribution is 5.93. The molecule has 138 valence electrons. The largest absolute Gasteiger partial charge is 0.355 e. The molecule has 4 aromatic rings. The van der Waals surface area contributed by atoms with Gasteiger partial charge >= 0.3 is 0 Å². The molecular weight excluding hydrogens is 356 g/mol. The Balaban J connectivity index is 1.24. The molecule has 0 bridgehead atoms. The number of hydrogen-bond donors (Lipinski definition) is 0. The van der Waals surface area contributed by atoms with Crippen LogP contribution in [0.5, 0.6) is 0 Å². The van der Waals surface area contributed by atoms with Gasteiger partial charge in [0.1, 0.15) is 0 Å². The van der Waals surface area contributed by atoms with Crippen LogP contribution < -0.4 is 0 Å². The van der Waals surface area contributed by atoms with Gasteiger partial charge in [-0.2, -0.15) is 4.98 Å². The second-order valence-corrected chi connectivity index (χ2v) is 6.67. The first-order valence-corrected chi connectivity index (χ1v) is 8.98. The lowest BCUT2D eigenvalue weighted by atomic mass is 9.99. The topological polar surface area (TPSA) is 85.3 Å². The third-order valence-electron chi connectivity index (χ3n) is 4.78. The van der Waals surface area contributed by atoms with Gasteiger partial charge in [-0.15, -0.1) is 0 Å². The van der Waals surface area contributed by atoms with Gasteiger partial charge in [0.25, 0.3) is 5.91 Å². The summed E-state index contributed by atoms with van der Waals surface area (Å²) < 4.78 is 10.7. The van der Waals surface area contributed by atoms with Gasteiger partial charge in [0.15, 0.2) is 11.5 Å². The summed E-state index contributed by atoms with van der Waals surface area (Å²) >= 11 is 0. The number of benzene rings is 2. The van der Waals surface area contributed by atoms with E-state index in [9.17, 15) is 4.79 Å². The third-order valence-corrected chi connectivity index (χ3v) is 4.78. The van der Waals surface area contributed by atoms with E-state index in [-0.39, 0.29) is 11.8 Å². The number of aromatic nitrogens is 3. The van der Waals surface area contributed by atoms with Crippen LogP contribution in [0.4, 0.5) is 0 Å². The van der Waals surface area contributed by atoms with E-state index >= 15 is 0 Å². The highest BCUT2D eigenvalue weighted by Gasteiger charge is 2.37. The molecule has 28 heavy (non-hydrogen) atoms. The number of hydrogen-bond acceptors (Lipinski definition) is 6. The van der Waals surface area contributed by atoms with Gasteiger partial charge in [0.2, 0.25) is 11.7 Å². The second kappa shape index (κ2) is 6.77. The molecule has 1 fully saturated rings. The van der Waals surface area contributed by atoms with Crippen LogP contribution in [0.2, 0.25) is 0 Å². The van der Waals surface area contributed by atoms with Crippen molar-refractivity contribution in [3.8, 4) is 22.7 Å². The van der Waals surface area contributed by atoms with Gasteiger partial charge in [-0.05, 0) is 0 Å². The third kappa shape index (κ3) is 2.96. The van der Waals surface area contributed by atoms with E-state index in [2.05, 4.69) is 15.3 Å². The standard InChI is InChI=1S/C21H16N4O3/c26-21(17-11-18(27-23-17)14-7-3-1-4-8-14)25-12-16(13-25)20-22-19(24-28-20)15-9-5-2-6-10-15/h1-11,16H,12-13H2. The van der Waals surface area contributed by atoms with Crippen molar-refractivity contribution >= 4 is 5.91 Å². The number of carbonyl (C=O) groups excluding carboxylic acids is 1. The molecule has 0 unspecified atom stereocenters. The Hall–Kier alpha value is -3.74. The van der Waals surface area contributed by atoms with Crippen LogP contribution in [-0.2, 0) is 0 Å². The molecule has 7 nitrogen and oxygen atoms in total. The van der Waals surface area contributed by atoms with E-state index in [1.54, 1.807) is 11.0 Å². The van der Waals surface area contributed by atoms with E-state index in [0.717, 1.165) is 11.1 Å². The summed E-state index contributed by atoms with van der Waals surface area (Å²) in [5, 5.41) is 7.96. The monoisotopic (exact) mass is 372 g/mol. The first-order chi connectivity index (χ1) is 13.8. The molecule has 2 aromatic carbocycles. The average Bonchev–Trinajstić information content (AvgIpc) is 3.38. The summed E-state index contributed by atoms with van der Waals surface area (Å²) in [5.41, 5.74) is 2.09. The van der Waals surface area contributed by atoms with Crippen molar-refractivity contribution < 1.29 is 13.8 Å². The summed E-state index contributed by atoms with van der Waals surface area (Å²) in [7, 11) is 0. The lowest BCUT2D eigenvalue weighted by Crippen LogP contribution is -2.48. The molecule has 5 rings (SSSR count). The summed E-state index contributed by atoms with van der Waals surface area (Å²) in [4.78, 5) is 18.8. The number of nitrogens with zero attached hydrogens (tertiary/aromatic N) is 4. The maximum Gasteiger partial charge on any atom is 0.276 e. The van der Waals surface area contributed by atoms with Crippen LogP contribution in [0.3, 0.4) is 0 Å². The Morgan fingerprint density at radius 3 is 2.29 bits per heavy atom. The Labute approximate surface area is 160 Å². The Morgan fingerprint density at radius 2 is 1.57 bits per heavy atom. The van der Waals surface area contributed by atoms with Crippen molar-refractivity contribution in [2.24, 2.45) is 0 Å². The lowest BCUT2D eigenvalue weighted by Gasteiger charge is -2.36. The summed E-state index contributed by atoms with van der Waals surface area (Å²) in [5.74, 6) is 1.56. The van der Waals surface area contributed by atoms with Crippen LogP contribution >= 0.6 is 0 Å². The molecule has 3 heterocycles. The van der Waals surface area contributed by atoms with Crippen LogP contribution in [0.1, 0.15) is 22.3 Å². The fraction of sp³-hybridized carbons (Fsp3) is 0.143. The summed E-state index contributed by atoms with van der Waals surface area (Å²) in [6.45, 7) is 1.03. The molecule has 0 radical (unpaired) electrons. The van der Waals surface area contributed by atoms with Gasteiger partial charge in [0, 0.05) is 30.3 Å². The fourth-order valence-corrected chi connectivity index (χ4v) is 3.18. The zero-order valence-corrected chi connectivity index (χ0v) is 14.9. The lowest BCUT2D eigenvalue weighted by molar-refractivity contribution is 0.0559. The zero-order valence-electron chi connectivity index (χ0n) is 14.9. The molecule has 0 spiro atoms. The molecule has 0 atom stereocenters. The number of carbonyl (C=O) groups is 1. The molecule has 1 aliphatic heterocycles. The smallest absolute Gasteiger partial charge is 0.276 e. The van der Waals surface area contributed by atoms with E-state index in [1.807, 2.05) is 60.7 Å². The normalized spacial score (nSPS) is 14.1.